The van der Waals surface area contributed by atoms with E-state index in [9.17, 15) is 9.59 Å². The third-order valence-electron chi connectivity index (χ3n) is 2.83. The summed E-state index contributed by atoms with van der Waals surface area (Å²) in [5.74, 6) is -0.609. The Kier molecular flexibility index (Phi) is 3.46. The summed E-state index contributed by atoms with van der Waals surface area (Å²) >= 11 is 0. The molecule has 1 N–H and O–H groups in total. The van der Waals surface area contributed by atoms with Crippen LogP contribution in [0.3, 0.4) is 0 Å². The van der Waals surface area contributed by atoms with Crippen LogP contribution in [0.2, 0.25) is 0 Å². The molecule has 5 nitrogen and oxygen atoms in total. The Morgan fingerprint density at radius 3 is 2.58 bits per heavy atom. The second-order valence-electron chi connectivity index (χ2n) is 4.43. The van der Waals surface area contributed by atoms with Crippen molar-refractivity contribution < 1.29 is 9.59 Å². The predicted molar refractivity (Wildman–Crippen MR) is 73.5 cm³/mol. The molecule has 0 aliphatic carbocycles. The van der Waals surface area contributed by atoms with Gasteiger partial charge in [0.15, 0.2) is 0 Å². The first-order chi connectivity index (χ1) is 9.00. The number of rotatable bonds is 2. The fourth-order valence-electron chi connectivity index (χ4n) is 1.65. The summed E-state index contributed by atoms with van der Waals surface area (Å²) in [6.07, 6.45) is 0. The van der Waals surface area contributed by atoms with Gasteiger partial charge in [0.1, 0.15) is 5.84 Å². The highest BCUT2D eigenvalue weighted by atomic mass is 16.2. The van der Waals surface area contributed by atoms with E-state index in [1.165, 1.54) is 5.01 Å². The van der Waals surface area contributed by atoms with E-state index in [1.807, 2.05) is 18.2 Å². The number of hydrazone groups is 1. The Bertz CT molecular complexity index is 563. The molecule has 1 aliphatic rings. The molecule has 0 aromatic heterocycles. The first-order valence-electron chi connectivity index (χ1n) is 5.95. The minimum atomic E-state index is -0.469. The van der Waals surface area contributed by atoms with E-state index in [2.05, 4.69) is 17.0 Å². The van der Waals surface area contributed by atoms with Gasteiger partial charge in [0.25, 0.3) is 11.8 Å². The van der Waals surface area contributed by atoms with Crippen LogP contribution in [0.4, 0.5) is 5.69 Å². The van der Waals surface area contributed by atoms with Crippen molar-refractivity contribution in [1.82, 2.24) is 5.32 Å². The molecule has 2 rings (SSSR count). The van der Waals surface area contributed by atoms with Gasteiger partial charge in [-0.3, -0.25) is 9.59 Å². The molecule has 0 radical (unpaired) electrons. The van der Waals surface area contributed by atoms with Gasteiger partial charge in [-0.05, 0) is 26.0 Å². The second-order valence-corrected chi connectivity index (χ2v) is 4.43. The van der Waals surface area contributed by atoms with E-state index in [1.54, 1.807) is 26.0 Å². The third-order valence-corrected chi connectivity index (χ3v) is 2.83. The molecule has 0 fully saturated rings. The minimum absolute atomic E-state index is 0.164. The van der Waals surface area contributed by atoms with Crippen molar-refractivity contribution in [2.75, 3.05) is 5.01 Å². The summed E-state index contributed by atoms with van der Waals surface area (Å²) in [7, 11) is 0. The van der Waals surface area contributed by atoms with Crippen LogP contribution in [-0.2, 0) is 9.59 Å². The third kappa shape index (κ3) is 2.54. The fraction of sp³-hybridized carbons (Fsp3) is 0.214. The quantitative estimate of drug-likeness (QED) is 0.819. The largest absolute Gasteiger partial charge is 0.308 e. The maximum atomic E-state index is 12.1. The van der Waals surface area contributed by atoms with Gasteiger partial charge >= 0.3 is 0 Å². The van der Waals surface area contributed by atoms with E-state index < -0.39 is 5.92 Å². The zero-order chi connectivity index (χ0) is 14.0. The van der Waals surface area contributed by atoms with E-state index in [4.69, 9.17) is 0 Å². The highest BCUT2D eigenvalue weighted by Gasteiger charge is 2.34. The molecular weight excluding hydrogens is 242 g/mol. The van der Waals surface area contributed by atoms with Crippen molar-refractivity contribution in [3.8, 4) is 0 Å². The summed E-state index contributed by atoms with van der Waals surface area (Å²) in [5, 5.41) is 8.08. The normalized spacial score (nSPS) is 18.2. The van der Waals surface area contributed by atoms with Crippen LogP contribution in [0.15, 0.2) is 47.6 Å². The number of para-hydroxylation sites is 1. The van der Waals surface area contributed by atoms with Crippen LogP contribution < -0.4 is 10.3 Å². The van der Waals surface area contributed by atoms with E-state index in [-0.39, 0.29) is 11.8 Å². The number of anilines is 1. The van der Waals surface area contributed by atoms with Gasteiger partial charge < -0.3 is 5.32 Å². The van der Waals surface area contributed by atoms with Gasteiger partial charge in [-0.1, -0.05) is 24.8 Å². The lowest BCUT2D eigenvalue weighted by Gasteiger charge is -2.11. The summed E-state index contributed by atoms with van der Waals surface area (Å²) in [5.41, 5.74) is 1.06. The van der Waals surface area contributed by atoms with Gasteiger partial charge in [-0.2, -0.15) is 10.1 Å². The van der Waals surface area contributed by atoms with Crippen LogP contribution in [0.5, 0.6) is 0 Å². The summed E-state index contributed by atoms with van der Waals surface area (Å²) in [6.45, 7) is 6.87. The number of carbonyl (C=O) groups is 2. The number of hydrogen-bond donors (Lipinski definition) is 1. The Hall–Kier alpha value is -2.43. The zero-order valence-corrected chi connectivity index (χ0v) is 10.9. The summed E-state index contributed by atoms with van der Waals surface area (Å²) < 4.78 is 0. The molecule has 5 heteroatoms. The van der Waals surface area contributed by atoms with Crippen LogP contribution in [0.1, 0.15) is 13.8 Å². The maximum Gasteiger partial charge on any atom is 0.257 e. The Labute approximate surface area is 111 Å². The molecule has 1 unspecified atom stereocenters. The first kappa shape index (κ1) is 13.0. The monoisotopic (exact) mass is 257 g/mol. The lowest BCUT2D eigenvalue weighted by molar-refractivity contribution is -0.119. The number of amides is 2. The molecule has 19 heavy (non-hydrogen) atoms. The van der Waals surface area contributed by atoms with Crippen molar-refractivity contribution in [2.24, 2.45) is 11.0 Å². The van der Waals surface area contributed by atoms with Crippen molar-refractivity contribution >= 4 is 23.3 Å². The van der Waals surface area contributed by atoms with Crippen LogP contribution in [-0.4, -0.2) is 17.6 Å². The molecule has 2 amide bonds. The number of hydrogen-bond acceptors (Lipinski definition) is 3. The van der Waals surface area contributed by atoms with E-state index in [0.29, 0.717) is 17.1 Å². The Balaban J connectivity index is 2.24. The van der Waals surface area contributed by atoms with Crippen molar-refractivity contribution in [1.29, 1.82) is 0 Å². The topological polar surface area (TPSA) is 61.8 Å². The van der Waals surface area contributed by atoms with Gasteiger partial charge in [0, 0.05) is 5.57 Å². The average Bonchev–Trinajstić information content (AvgIpc) is 2.68. The number of amidine groups is 1. The zero-order valence-electron chi connectivity index (χ0n) is 10.9. The van der Waals surface area contributed by atoms with Crippen molar-refractivity contribution in [3.63, 3.8) is 0 Å². The van der Waals surface area contributed by atoms with Gasteiger partial charge in [-0.15, -0.1) is 0 Å². The van der Waals surface area contributed by atoms with E-state index >= 15 is 0 Å². The number of nitrogens with one attached hydrogen (secondary N) is 1. The van der Waals surface area contributed by atoms with Gasteiger partial charge in [-0.25, -0.2) is 0 Å². The maximum absolute atomic E-state index is 12.1. The molecule has 1 aliphatic heterocycles. The number of nitrogens with zero attached hydrogens (tertiary/aromatic N) is 2. The van der Waals surface area contributed by atoms with Gasteiger partial charge in [0.05, 0.1) is 11.6 Å². The lowest BCUT2D eigenvalue weighted by atomic mass is 10.1. The molecule has 1 heterocycles. The smallest absolute Gasteiger partial charge is 0.257 e. The highest BCUT2D eigenvalue weighted by molar-refractivity contribution is 6.19. The van der Waals surface area contributed by atoms with Crippen molar-refractivity contribution in [2.45, 2.75) is 13.8 Å². The average molecular weight is 257 g/mol. The van der Waals surface area contributed by atoms with Crippen LogP contribution in [0, 0.1) is 5.92 Å². The number of benzene rings is 1. The Morgan fingerprint density at radius 1 is 1.37 bits per heavy atom. The highest BCUT2D eigenvalue weighted by Crippen LogP contribution is 2.22. The van der Waals surface area contributed by atoms with E-state index in [0.717, 1.165) is 0 Å². The van der Waals surface area contributed by atoms with Crippen LogP contribution in [0.25, 0.3) is 0 Å². The molecule has 0 saturated heterocycles. The molecule has 0 spiro atoms. The number of carbonyl (C=O) groups excluding carboxylic acids is 2. The molecule has 0 saturated carbocycles. The lowest BCUT2D eigenvalue weighted by Crippen LogP contribution is -2.35. The molecule has 98 valence electrons. The standard InChI is InChI=1S/C14H15N3O2/c1-9(2)13(18)15-12-10(3)14(19)17(16-12)11-7-5-4-6-8-11/h4-8,10H,1H2,2-3H3,(H,15,16,18). The second kappa shape index (κ2) is 5.06. The SMILES string of the molecule is C=C(C)C(=O)NC1=NN(c2ccccc2)C(=O)C1C. The summed E-state index contributed by atoms with van der Waals surface area (Å²) in [4.78, 5) is 23.7. The first-order valence-corrected chi connectivity index (χ1v) is 5.95. The molecule has 1 atom stereocenters. The summed E-state index contributed by atoms with van der Waals surface area (Å²) in [6, 6.07) is 9.09. The Morgan fingerprint density at radius 2 is 2.00 bits per heavy atom. The molecule has 1 aromatic carbocycles. The minimum Gasteiger partial charge on any atom is -0.308 e. The van der Waals surface area contributed by atoms with Crippen molar-refractivity contribution in [3.05, 3.63) is 42.5 Å². The predicted octanol–water partition coefficient (Wildman–Crippen LogP) is 1.68. The molecular formula is C14H15N3O2. The molecule has 1 aromatic rings. The van der Waals surface area contributed by atoms with Gasteiger partial charge in [0.2, 0.25) is 0 Å². The molecule has 0 bridgehead atoms. The van der Waals surface area contributed by atoms with Crippen LogP contribution >= 0.6 is 0 Å². The fourth-order valence-corrected chi connectivity index (χ4v) is 1.65.